The highest BCUT2D eigenvalue weighted by Crippen LogP contribution is 2.37. The monoisotopic (exact) mass is 422 g/mol. The van der Waals surface area contributed by atoms with Gasteiger partial charge in [0.1, 0.15) is 0 Å². The number of fused-ring (bicyclic) bond motifs is 1. The molecule has 1 saturated heterocycles. The van der Waals surface area contributed by atoms with E-state index in [0.29, 0.717) is 0 Å². The first-order valence-corrected chi connectivity index (χ1v) is 11.2. The summed E-state index contributed by atoms with van der Waals surface area (Å²) in [6.07, 6.45) is 0.963. The summed E-state index contributed by atoms with van der Waals surface area (Å²) in [4.78, 5) is 8.70. The molecule has 2 N–H and O–H groups in total. The number of aryl methyl sites for hydroxylation is 1. The number of aromatic nitrogens is 1. The normalized spacial score (nSPS) is 14.9. The van der Waals surface area contributed by atoms with Crippen molar-refractivity contribution in [3.05, 3.63) is 42.0 Å². The first-order chi connectivity index (χ1) is 15.2. The molecule has 0 bridgehead atoms. The Bertz CT molecular complexity index is 1020. The van der Waals surface area contributed by atoms with Gasteiger partial charge in [0, 0.05) is 67.1 Å². The Balaban J connectivity index is 1.62. The van der Waals surface area contributed by atoms with Crippen molar-refractivity contribution in [2.45, 2.75) is 13.3 Å². The topological polar surface area (TPSA) is 52.8 Å². The summed E-state index contributed by atoms with van der Waals surface area (Å²) in [5, 5.41) is 4.55. The summed E-state index contributed by atoms with van der Waals surface area (Å²) >= 11 is 0. The molecule has 0 radical (unpaired) electrons. The van der Waals surface area contributed by atoms with Crippen molar-refractivity contribution in [3.63, 3.8) is 0 Å². The Kier molecular flexibility index (Phi) is 6.68. The molecule has 1 aliphatic rings. The number of anilines is 1. The van der Waals surface area contributed by atoms with Crippen molar-refractivity contribution in [2.24, 2.45) is 0 Å². The number of hydrogen-bond donors (Lipinski definition) is 2. The second-order valence-electron chi connectivity index (χ2n) is 8.06. The van der Waals surface area contributed by atoms with E-state index in [-0.39, 0.29) is 0 Å². The molecule has 2 heterocycles. The maximum absolute atomic E-state index is 5.52. The molecule has 1 aromatic heterocycles. The van der Waals surface area contributed by atoms with Gasteiger partial charge in [-0.2, -0.15) is 0 Å². The van der Waals surface area contributed by atoms with Gasteiger partial charge in [-0.15, -0.1) is 0 Å². The van der Waals surface area contributed by atoms with Gasteiger partial charge in [0.15, 0.2) is 11.5 Å². The molecule has 0 amide bonds. The second-order valence-corrected chi connectivity index (χ2v) is 8.06. The van der Waals surface area contributed by atoms with Crippen LogP contribution in [-0.2, 0) is 6.42 Å². The number of piperazine rings is 1. The lowest BCUT2D eigenvalue weighted by Gasteiger charge is -2.36. The van der Waals surface area contributed by atoms with E-state index in [2.05, 4.69) is 51.3 Å². The van der Waals surface area contributed by atoms with Crippen LogP contribution in [0, 0.1) is 0 Å². The molecule has 0 spiro atoms. The van der Waals surface area contributed by atoms with Crippen molar-refractivity contribution < 1.29 is 9.47 Å². The average molecular weight is 423 g/mol. The molecular formula is C25H34N4O2. The lowest BCUT2D eigenvalue weighted by molar-refractivity contribution is 0.260. The number of ether oxygens (including phenoxy) is 2. The van der Waals surface area contributed by atoms with Crippen LogP contribution >= 0.6 is 0 Å². The number of methoxy groups -OCH3 is 2. The summed E-state index contributed by atoms with van der Waals surface area (Å²) in [7, 11) is 5.36. The van der Waals surface area contributed by atoms with Crippen LogP contribution in [0.2, 0.25) is 0 Å². The Hall–Kier alpha value is -2.70. The van der Waals surface area contributed by atoms with Crippen molar-refractivity contribution in [2.75, 3.05) is 65.4 Å². The SMILES string of the molecule is CCc1c(-c2ccc(OC)c(OC)c2)[nH]c2ccc(N3CCN(CCNC)CC3)cc12. The van der Waals surface area contributed by atoms with Crippen molar-refractivity contribution >= 4 is 16.6 Å². The highest BCUT2D eigenvalue weighted by Gasteiger charge is 2.19. The van der Waals surface area contributed by atoms with Gasteiger partial charge in [0.2, 0.25) is 0 Å². The number of likely N-dealkylation sites (N-methyl/N-ethyl adjacent to an activating group) is 1. The van der Waals surface area contributed by atoms with E-state index in [1.54, 1.807) is 14.2 Å². The molecule has 2 aromatic carbocycles. The third-order valence-corrected chi connectivity index (χ3v) is 6.33. The molecule has 0 unspecified atom stereocenters. The summed E-state index contributed by atoms with van der Waals surface area (Å²) in [5.41, 5.74) is 6.11. The van der Waals surface area contributed by atoms with E-state index in [4.69, 9.17) is 9.47 Å². The Morgan fingerprint density at radius 2 is 1.74 bits per heavy atom. The lowest BCUT2D eigenvalue weighted by atomic mass is 10.0. The summed E-state index contributed by atoms with van der Waals surface area (Å²) in [6, 6.07) is 12.9. The largest absolute Gasteiger partial charge is 0.493 e. The van der Waals surface area contributed by atoms with Crippen LogP contribution < -0.4 is 19.7 Å². The van der Waals surface area contributed by atoms with E-state index in [1.165, 1.54) is 22.2 Å². The van der Waals surface area contributed by atoms with Crippen LogP contribution in [0.3, 0.4) is 0 Å². The van der Waals surface area contributed by atoms with Crippen molar-refractivity contribution in [3.8, 4) is 22.8 Å². The molecule has 166 valence electrons. The highest BCUT2D eigenvalue weighted by atomic mass is 16.5. The van der Waals surface area contributed by atoms with Gasteiger partial charge in [-0.25, -0.2) is 0 Å². The molecule has 0 aliphatic carbocycles. The van der Waals surface area contributed by atoms with E-state index < -0.39 is 0 Å². The second kappa shape index (κ2) is 9.62. The molecule has 4 rings (SSSR count). The zero-order valence-electron chi connectivity index (χ0n) is 19.1. The molecule has 3 aromatic rings. The fraction of sp³-hybridized carbons (Fsp3) is 0.440. The van der Waals surface area contributed by atoms with Gasteiger partial charge in [0.05, 0.1) is 14.2 Å². The predicted molar refractivity (Wildman–Crippen MR) is 129 cm³/mol. The minimum absolute atomic E-state index is 0.747. The van der Waals surface area contributed by atoms with E-state index in [9.17, 15) is 0 Å². The number of aromatic amines is 1. The van der Waals surface area contributed by atoms with E-state index in [0.717, 1.165) is 68.4 Å². The Morgan fingerprint density at radius 1 is 0.968 bits per heavy atom. The quantitative estimate of drug-likeness (QED) is 0.579. The zero-order chi connectivity index (χ0) is 21.8. The fourth-order valence-electron chi connectivity index (χ4n) is 4.54. The number of benzene rings is 2. The average Bonchev–Trinajstić information content (AvgIpc) is 3.20. The molecule has 6 heteroatoms. The van der Waals surface area contributed by atoms with Gasteiger partial charge >= 0.3 is 0 Å². The highest BCUT2D eigenvalue weighted by molar-refractivity contribution is 5.93. The van der Waals surface area contributed by atoms with Crippen LogP contribution in [0.5, 0.6) is 11.5 Å². The third-order valence-electron chi connectivity index (χ3n) is 6.33. The number of rotatable bonds is 8. The predicted octanol–water partition coefficient (Wildman–Crippen LogP) is 3.76. The Labute approximate surface area is 185 Å². The van der Waals surface area contributed by atoms with Crippen LogP contribution in [0.1, 0.15) is 12.5 Å². The standard InChI is InChI=1S/C25H34N4O2/c1-5-20-21-17-19(29-14-12-28(13-15-29)11-10-26-2)7-8-22(21)27-25(20)18-6-9-23(30-3)24(16-18)31-4/h6-9,16-17,26-27H,5,10-15H2,1-4H3. The van der Waals surface area contributed by atoms with Crippen LogP contribution in [0.15, 0.2) is 36.4 Å². The smallest absolute Gasteiger partial charge is 0.161 e. The van der Waals surface area contributed by atoms with Gasteiger partial charge in [0.25, 0.3) is 0 Å². The molecule has 1 fully saturated rings. The first kappa shape index (κ1) is 21.5. The van der Waals surface area contributed by atoms with Gasteiger partial charge in [-0.05, 0) is 55.4 Å². The number of nitrogens with zero attached hydrogens (tertiary/aromatic N) is 2. The maximum atomic E-state index is 5.52. The zero-order valence-corrected chi connectivity index (χ0v) is 19.1. The van der Waals surface area contributed by atoms with Crippen LogP contribution in [-0.4, -0.2) is 70.4 Å². The number of H-pyrrole nitrogens is 1. The molecule has 0 saturated carbocycles. The third kappa shape index (κ3) is 4.36. The molecule has 0 atom stereocenters. The lowest BCUT2D eigenvalue weighted by Crippen LogP contribution is -2.48. The number of hydrogen-bond acceptors (Lipinski definition) is 5. The molecule has 6 nitrogen and oxygen atoms in total. The van der Waals surface area contributed by atoms with Crippen LogP contribution in [0.25, 0.3) is 22.2 Å². The van der Waals surface area contributed by atoms with Gasteiger partial charge < -0.3 is 24.7 Å². The molecular weight excluding hydrogens is 388 g/mol. The molecule has 31 heavy (non-hydrogen) atoms. The Morgan fingerprint density at radius 3 is 2.42 bits per heavy atom. The summed E-state index contributed by atoms with van der Waals surface area (Å²) < 4.78 is 10.9. The maximum Gasteiger partial charge on any atom is 0.161 e. The van der Waals surface area contributed by atoms with Gasteiger partial charge in [-0.3, -0.25) is 4.90 Å². The van der Waals surface area contributed by atoms with Crippen molar-refractivity contribution in [1.82, 2.24) is 15.2 Å². The van der Waals surface area contributed by atoms with E-state index in [1.807, 2.05) is 19.2 Å². The minimum Gasteiger partial charge on any atom is -0.493 e. The fourth-order valence-corrected chi connectivity index (χ4v) is 4.54. The van der Waals surface area contributed by atoms with Crippen molar-refractivity contribution in [1.29, 1.82) is 0 Å². The summed E-state index contributed by atoms with van der Waals surface area (Å²) in [5.74, 6) is 1.49. The van der Waals surface area contributed by atoms with E-state index >= 15 is 0 Å². The first-order valence-electron chi connectivity index (χ1n) is 11.2. The minimum atomic E-state index is 0.747. The van der Waals surface area contributed by atoms with Crippen LogP contribution in [0.4, 0.5) is 5.69 Å². The molecule has 1 aliphatic heterocycles. The van der Waals surface area contributed by atoms with Gasteiger partial charge in [-0.1, -0.05) is 6.92 Å². The number of nitrogens with one attached hydrogen (secondary N) is 2. The summed E-state index contributed by atoms with van der Waals surface area (Å²) in [6.45, 7) is 8.77.